The summed E-state index contributed by atoms with van der Waals surface area (Å²) in [5.41, 5.74) is 0. The zero-order chi connectivity index (χ0) is 12.4. The summed E-state index contributed by atoms with van der Waals surface area (Å²) in [5.74, 6) is 4.03. The van der Waals surface area contributed by atoms with Crippen molar-refractivity contribution in [3.05, 3.63) is 0 Å². The lowest BCUT2D eigenvalue weighted by molar-refractivity contribution is -0.182. The fourth-order valence-corrected chi connectivity index (χ4v) is 1.17. The quantitative estimate of drug-likeness (QED) is 0.375. The molecule has 0 amide bonds. The van der Waals surface area contributed by atoms with Gasteiger partial charge in [0.1, 0.15) is 0 Å². The van der Waals surface area contributed by atoms with Crippen molar-refractivity contribution >= 4 is 5.97 Å². The van der Waals surface area contributed by atoms with Gasteiger partial charge >= 0.3 is 5.97 Å². The van der Waals surface area contributed by atoms with Crippen molar-refractivity contribution in [1.82, 2.24) is 0 Å². The maximum absolute atomic E-state index is 11.7. The summed E-state index contributed by atoms with van der Waals surface area (Å²) in [6.45, 7) is 4.22. The minimum atomic E-state index is -0.504. The predicted molar refractivity (Wildman–Crippen MR) is 62.2 cm³/mol. The van der Waals surface area contributed by atoms with Gasteiger partial charge in [-0.3, -0.25) is 4.79 Å². The Balaban J connectivity index is 4.28. The smallest absolute Gasteiger partial charge is 0.313 e. The third-order valence-corrected chi connectivity index (χ3v) is 2.00. The lowest BCUT2D eigenvalue weighted by atomic mass is 10.0. The summed E-state index contributed by atoms with van der Waals surface area (Å²) < 4.78 is 10.4. The lowest BCUT2D eigenvalue weighted by Crippen LogP contribution is -2.25. The van der Waals surface area contributed by atoms with Crippen LogP contribution in [0.2, 0.25) is 0 Å². The van der Waals surface area contributed by atoms with Crippen LogP contribution in [0, 0.1) is 30.6 Å². The molecule has 0 N–H and O–H groups in total. The summed E-state index contributed by atoms with van der Waals surface area (Å²) in [4.78, 5) is 11.7. The summed E-state index contributed by atoms with van der Waals surface area (Å²) in [5, 5.41) is 0. The van der Waals surface area contributed by atoms with E-state index in [0.29, 0.717) is 25.9 Å². The number of terminal acetylenes is 2. The fourth-order valence-electron chi connectivity index (χ4n) is 1.17. The van der Waals surface area contributed by atoms with Crippen molar-refractivity contribution < 1.29 is 14.3 Å². The van der Waals surface area contributed by atoms with Crippen LogP contribution in [0.15, 0.2) is 0 Å². The van der Waals surface area contributed by atoms with Crippen LogP contribution in [0.1, 0.15) is 33.1 Å². The van der Waals surface area contributed by atoms with Gasteiger partial charge in [0.25, 0.3) is 0 Å². The van der Waals surface area contributed by atoms with Crippen LogP contribution in [-0.4, -0.2) is 18.9 Å². The van der Waals surface area contributed by atoms with Gasteiger partial charge in [-0.2, -0.15) is 0 Å². The molecule has 0 heterocycles. The molecule has 3 nitrogen and oxygen atoms in total. The molecule has 1 atom stereocenters. The van der Waals surface area contributed by atoms with Crippen molar-refractivity contribution in [2.24, 2.45) is 5.92 Å². The average Bonchev–Trinajstić information content (AvgIpc) is 2.28. The molecule has 0 aliphatic rings. The first kappa shape index (κ1) is 14.6. The third-order valence-electron chi connectivity index (χ3n) is 2.00. The Bertz CT molecular complexity index is 267. The number of ether oxygens (including phenoxy) is 2. The Morgan fingerprint density at radius 2 is 1.81 bits per heavy atom. The van der Waals surface area contributed by atoms with Gasteiger partial charge in [-0.15, -0.1) is 24.7 Å². The van der Waals surface area contributed by atoms with Crippen LogP contribution in [0.3, 0.4) is 0 Å². The van der Waals surface area contributed by atoms with Crippen molar-refractivity contribution in [2.75, 3.05) is 6.61 Å². The van der Waals surface area contributed by atoms with E-state index < -0.39 is 12.2 Å². The number of esters is 1. The van der Waals surface area contributed by atoms with Crippen LogP contribution < -0.4 is 0 Å². The first-order valence-corrected chi connectivity index (χ1v) is 5.38. The van der Waals surface area contributed by atoms with Gasteiger partial charge < -0.3 is 9.47 Å². The highest BCUT2D eigenvalue weighted by Gasteiger charge is 2.21. The molecule has 0 aliphatic carbocycles. The van der Waals surface area contributed by atoms with Gasteiger partial charge in [-0.1, -0.05) is 6.92 Å². The molecule has 88 valence electrons. The zero-order valence-electron chi connectivity index (χ0n) is 9.86. The maximum Gasteiger partial charge on any atom is 0.313 e. The Labute approximate surface area is 97.5 Å². The van der Waals surface area contributed by atoms with Crippen molar-refractivity contribution in [2.45, 2.75) is 39.4 Å². The van der Waals surface area contributed by atoms with E-state index in [2.05, 4.69) is 11.8 Å². The van der Waals surface area contributed by atoms with Crippen LogP contribution >= 0.6 is 0 Å². The first-order valence-electron chi connectivity index (χ1n) is 5.38. The normalized spacial score (nSPS) is 11.6. The van der Waals surface area contributed by atoms with Gasteiger partial charge in [0.2, 0.25) is 6.29 Å². The molecule has 0 saturated heterocycles. The summed E-state index contributed by atoms with van der Waals surface area (Å²) in [6, 6.07) is 0. The molecular formula is C13H18O3. The Morgan fingerprint density at radius 3 is 2.19 bits per heavy atom. The Hall–Kier alpha value is -1.45. The molecule has 0 aromatic heterocycles. The summed E-state index contributed by atoms with van der Waals surface area (Å²) in [7, 11) is 0. The van der Waals surface area contributed by atoms with Crippen molar-refractivity contribution in [3.63, 3.8) is 0 Å². The van der Waals surface area contributed by atoms with Gasteiger partial charge in [-0.25, -0.2) is 0 Å². The molecule has 1 unspecified atom stereocenters. The van der Waals surface area contributed by atoms with Crippen molar-refractivity contribution in [1.29, 1.82) is 0 Å². The lowest BCUT2D eigenvalue weighted by Gasteiger charge is -2.18. The second-order valence-electron chi connectivity index (χ2n) is 3.24. The maximum atomic E-state index is 11.7. The monoisotopic (exact) mass is 222 g/mol. The molecule has 3 heteroatoms. The van der Waals surface area contributed by atoms with E-state index in [1.807, 2.05) is 13.8 Å². The highest BCUT2D eigenvalue weighted by atomic mass is 16.7. The number of carbonyl (C=O) groups excluding carboxylic acids is 1. The minimum Gasteiger partial charge on any atom is -0.436 e. The summed E-state index contributed by atoms with van der Waals surface area (Å²) in [6.07, 6.45) is 11.0. The topological polar surface area (TPSA) is 35.5 Å². The third kappa shape index (κ3) is 5.44. The van der Waals surface area contributed by atoms with Crippen LogP contribution in [0.25, 0.3) is 0 Å². The number of carbonyl (C=O) groups is 1. The Kier molecular flexibility index (Phi) is 8.03. The van der Waals surface area contributed by atoms with E-state index in [0.717, 1.165) is 0 Å². The van der Waals surface area contributed by atoms with E-state index in [1.54, 1.807) is 0 Å². The first-order chi connectivity index (χ1) is 7.69. The van der Waals surface area contributed by atoms with E-state index in [1.165, 1.54) is 0 Å². The largest absolute Gasteiger partial charge is 0.436 e. The molecular weight excluding hydrogens is 204 g/mol. The second-order valence-corrected chi connectivity index (χ2v) is 3.24. The molecule has 0 aliphatic heterocycles. The van der Waals surface area contributed by atoms with E-state index >= 15 is 0 Å². The molecule has 0 radical (unpaired) electrons. The molecule has 0 aromatic carbocycles. The van der Waals surface area contributed by atoms with Gasteiger partial charge in [0, 0.05) is 25.9 Å². The molecule has 0 saturated carbocycles. The fraction of sp³-hybridized carbons (Fsp3) is 0.615. The SMILES string of the molecule is C#CCC(CC#C)C(=O)OC(CC)OCC. The van der Waals surface area contributed by atoms with Crippen LogP contribution in [-0.2, 0) is 14.3 Å². The zero-order valence-corrected chi connectivity index (χ0v) is 9.86. The van der Waals surface area contributed by atoms with Gasteiger partial charge in [0.05, 0.1) is 5.92 Å². The number of rotatable bonds is 7. The molecule has 0 rings (SSSR count). The number of hydrogen-bond donors (Lipinski definition) is 0. The molecule has 16 heavy (non-hydrogen) atoms. The Morgan fingerprint density at radius 1 is 1.25 bits per heavy atom. The minimum absolute atomic E-state index is 0.297. The second kappa shape index (κ2) is 8.83. The average molecular weight is 222 g/mol. The van der Waals surface area contributed by atoms with Gasteiger partial charge in [-0.05, 0) is 6.92 Å². The number of hydrogen-bond acceptors (Lipinski definition) is 3. The van der Waals surface area contributed by atoms with Crippen molar-refractivity contribution in [3.8, 4) is 24.7 Å². The van der Waals surface area contributed by atoms with Crippen LogP contribution in [0.4, 0.5) is 0 Å². The highest BCUT2D eigenvalue weighted by Crippen LogP contribution is 2.12. The van der Waals surface area contributed by atoms with E-state index in [4.69, 9.17) is 22.3 Å². The standard InChI is InChI=1S/C13H18O3/c1-5-9-11(10-6-2)13(14)16-12(7-3)15-8-4/h1-2,11-12H,7-10H2,3-4H3. The van der Waals surface area contributed by atoms with Crippen LogP contribution in [0.5, 0.6) is 0 Å². The summed E-state index contributed by atoms with van der Waals surface area (Å²) >= 11 is 0. The highest BCUT2D eigenvalue weighted by molar-refractivity contribution is 5.73. The predicted octanol–water partition coefficient (Wildman–Crippen LogP) is 1.96. The molecule has 0 fully saturated rings. The molecule has 0 spiro atoms. The van der Waals surface area contributed by atoms with E-state index in [-0.39, 0.29) is 5.97 Å². The molecule has 0 bridgehead atoms. The van der Waals surface area contributed by atoms with Gasteiger partial charge in [0.15, 0.2) is 0 Å². The molecule has 0 aromatic rings. The van der Waals surface area contributed by atoms with E-state index in [9.17, 15) is 4.79 Å².